The van der Waals surface area contributed by atoms with Crippen molar-refractivity contribution in [3.05, 3.63) is 29.6 Å². The number of hydrogen-bond donors (Lipinski definition) is 3. The summed E-state index contributed by atoms with van der Waals surface area (Å²) >= 11 is 0. The summed E-state index contributed by atoms with van der Waals surface area (Å²) in [5.74, 6) is -0.672. The van der Waals surface area contributed by atoms with Gasteiger partial charge in [-0.1, -0.05) is 6.07 Å². The minimum atomic E-state index is -0.575. The molecule has 0 aliphatic carbocycles. The number of carbonyl (C=O) groups excluding carboxylic acids is 2. The van der Waals surface area contributed by atoms with Crippen LogP contribution in [0.4, 0.5) is 14.9 Å². The molecule has 1 aromatic rings. The number of hydrogen-bond acceptors (Lipinski definition) is 4. The largest absolute Gasteiger partial charge is 0.382 e. The molecule has 1 saturated heterocycles. The first-order chi connectivity index (χ1) is 12.0. The zero-order valence-corrected chi connectivity index (χ0v) is 14.1. The highest BCUT2D eigenvalue weighted by molar-refractivity contribution is 5.75. The van der Waals surface area contributed by atoms with Gasteiger partial charge in [-0.3, -0.25) is 4.79 Å². The van der Waals surface area contributed by atoms with Crippen LogP contribution < -0.4 is 16.0 Å². The normalized spacial score (nSPS) is 16.7. The highest BCUT2D eigenvalue weighted by atomic mass is 19.1. The minimum Gasteiger partial charge on any atom is -0.382 e. The Labute approximate surface area is 146 Å². The Balaban J connectivity index is 1.76. The van der Waals surface area contributed by atoms with E-state index in [1.165, 1.54) is 19.1 Å². The molecule has 2 rings (SSSR count). The Kier molecular flexibility index (Phi) is 6.57. The van der Waals surface area contributed by atoms with E-state index in [0.29, 0.717) is 31.9 Å². The van der Waals surface area contributed by atoms with Gasteiger partial charge >= 0.3 is 6.03 Å². The predicted octanol–water partition coefficient (Wildman–Crippen LogP) is 1.42. The Morgan fingerprint density at radius 3 is 2.92 bits per heavy atom. The van der Waals surface area contributed by atoms with Gasteiger partial charge < -0.3 is 20.9 Å². The van der Waals surface area contributed by atoms with Crippen molar-refractivity contribution < 1.29 is 14.0 Å². The fourth-order valence-electron chi connectivity index (χ4n) is 2.83. The monoisotopic (exact) mass is 347 g/mol. The van der Waals surface area contributed by atoms with Crippen molar-refractivity contribution in [1.29, 1.82) is 5.26 Å². The predicted molar refractivity (Wildman–Crippen MR) is 91.4 cm³/mol. The second kappa shape index (κ2) is 8.87. The van der Waals surface area contributed by atoms with E-state index >= 15 is 0 Å². The Hall–Kier alpha value is -2.82. The quantitative estimate of drug-likeness (QED) is 0.702. The van der Waals surface area contributed by atoms with Crippen molar-refractivity contribution in [2.24, 2.45) is 0 Å². The third-order valence-electron chi connectivity index (χ3n) is 3.96. The number of nitrogens with zero attached hydrogens (tertiary/aromatic N) is 2. The van der Waals surface area contributed by atoms with E-state index < -0.39 is 5.82 Å². The molecule has 1 atom stereocenters. The van der Waals surface area contributed by atoms with Crippen LogP contribution >= 0.6 is 0 Å². The van der Waals surface area contributed by atoms with Gasteiger partial charge in [-0.25, -0.2) is 9.18 Å². The molecule has 3 N–H and O–H groups in total. The van der Waals surface area contributed by atoms with Gasteiger partial charge in [0.2, 0.25) is 5.91 Å². The summed E-state index contributed by atoms with van der Waals surface area (Å²) in [7, 11) is 0. The van der Waals surface area contributed by atoms with Gasteiger partial charge in [0.05, 0.1) is 5.69 Å². The molecule has 25 heavy (non-hydrogen) atoms. The molecule has 8 heteroatoms. The maximum atomic E-state index is 13.5. The lowest BCUT2D eigenvalue weighted by atomic mass is 10.1. The summed E-state index contributed by atoms with van der Waals surface area (Å²) in [5, 5.41) is 17.5. The molecular weight excluding hydrogens is 325 g/mol. The molecule has 0 unspecified atom stereocenters. The van der Waals surface area contributed by atoms with Gasteiger partial charge in [0, 0.05) is 39.1 Å². The van der Waals surface area contributed by atoms with Crippen LogP contribution in [0.2, 0.25) is 0 Å². The van der Waals surface area contributed by atoms with E-state index in [-0.39, 0.29) is 23.5 Å². The highest BCUT2D eigenvalue weighted by Crippen LogP contribution is 2.17. The van der Waals surface area contributed by atoms with E-state index in [4.69, 9.17) is 5.26 Å². The molecule has 134 valence electrons. The summed E-state index contributed by atoms with van der Waals surface area (Å²) in [6.07, 6.45) is 1.70. The fourth-order valence-corrected chi connectivity index (χ4v) is 2.83. The Bertz CT molecular complexity index is 673. The van der Waals surface area contributed by atoms with Crippen LogP contribution in [0, 0.1) is 17.1 Å². The Morgan fingerprint density at radius 2 is 2.20 bits per heavy atom. The lowest BCUT2D eigenvalue weighted by Gasteiger charge is -2.33. The number of benzene rings is 1. The van der Waals surface area contributed by atoms with Gasteiger partial charge in [-0.2, -0.15) is 5.26 Å². The van der Waals surface area contributed by atoms with E-state index in [2.05, 4.69) is 16.0 Å². The lowest BCUT2D eigenvalue weighted by molar-refractivity contribution is -0.119. The third kappa shape index (κ3) is 5.35. The van der Waals surface area contributed by atoms with Gasteiger partial charge in [-0.05, 0) is 25.0 Å². The molecule has 1 aromatic carbocycles. The molecule has 1 aliphatic heterocycles. The van der Waals surface area contributed by atoms with Crippen molar-refractivity contribution >= 4 is 17.6 Å². The molecule has 7 nitrogen and oxygen atoms in total. The average molecular weight is 347 g/mol. The van der Waals surface area contributed by atoms with Crippen molar-refractivity contribution in [3.63, 3.8) is 0 Å². The molecule has 0 bridgehead atoms. The van der Waals surface area contributed by atoms with Crippen LogP contribution in [-0.2, 0) is 4.79 Å². The minimum absolute atomic E-state index is 0.0133. The van der Waals surface area contributed by atoms with E-state index in [9.17, 15) is 14.0 Å². The SMILES string of the molecule is CC(=O)N[C@H]1CCCN(C(=O)NCCNc2cccc(F)c2C#N)C1. The number of nitriles is 1. The first-order valence-corrected chi connectivity index (χ1v) is 8.23. The molecule has 1 aliphatic rings. The highest BCUT2D eigenvalue weighted by Gasteiger charge is 2.23. The first-order valence-electron chi connectivity index (χ1n) is 8.23. The topological polar surface area (TPSA) is 97.3 Å². The van der Waals surface area contributed by atoms with E-state index in [0.717, 1.165) is 12.8 Å². The van der Waals surface area contributed by atoms with Crippen molar-refractivity contribution in [2.75, 3.05) is 31.5 Å². The number of urea groups is 1. The zero-order valence-electron chi connectivity index (χ0n) is 14.1. The molecule has 0 radical (unpaired) electrons. The zero-order chi connectivity index (χ0) is 18.2. The average Bonchev–Trinajstić information content (AvgIpc) is 2.58. The summed E-state index contributed by atoms with van der Waals surface area (Å²) in [6.45, 7) is 3.31. The number of anilines is 1. The maximum Gasteiger partial charge on any atom is 0.317 e. The fraction of sp³-hybridized carbons (Fsp3) is 0.471. The Morgan fingerprint density at radius 1 is 1.40 bits per heavy atom. The standard InChI is InChI=1S/C17H22FN5O2/c1-12(24)22-13-4-3-9-23(11-13)17(25)21-8-7-20-16-6-2-5-15(18)14(16)10-19/h2,5-6,13,20H,3-4,7-9,11H2,1H3,(H,21,25)(H,22,24)/t13-/m0/s1. The number of piperidine rings is 1. The molecule has 3 amide bonds. The van der Waals surface area contributed by atoms with Crippen LogP contribution in [0.1, 0.15) is 25.3 Å². The number of carbonyl (C=O) groups is 2. The van der Waals surface area contributed by atoms with Crippen molar-refractivity contribution in [2.45, 2.75) is 25.8 Å². The van der Waals surface area contributed by atoms with Gasteiger partial charge in [0.15, 0.2) is 0 Å². The van der Waals surface area contributed by atoms with E-state index in [1.54, 1.807) is 11.0 Å². The van der Waals surface area contributed by atoms with Gasteiger partial charge in [-0.15, -0.1) is 0 Å². The molecule has 1 heterocycles. The number of nitrogens with one attached hydrogen (secondary N) is 3. The summed E-state index contributed by atoms with van der Waals surface area (Å²) in [4.78, 5) is 25.0. The number of rotatable bonds is 5. The lowest BCUT2D eigenvalue weighted by Crippen LogP contribution is -2.52. The molecule has 0 spiro atoms. The number of amides is 3. The van der Waals surface area contributed by atoms with Crippen molar-refractivity contribution in [1.82, 2.24) is 15.5 Å². The number of likely N-dealkylation sites (tertiary alicyclic amines) is 1. The van der Waals surface area contributed by atoms with Gasteiger partial charge in [0.25, 0.3) is 0 Å². The van der Waals surface area contributed by atoms with Crippen LogP contribution in [0.15, 0.2) is 18.2 Å². The molecule has 0 saturated carbocycles. The first kappa shape index (κ1) is 18.5. The summed E-state index contributed by atoms with van der Waals surface area (Å²) < 4.78 is 13.5. The van der Waals surface area contributed by atoms with Crippen LogP contribution in [-0.4, -0.2) is 49.1 Å². The molecule has 0 aromatic heterocycles. The van der Waals surface area contributed by atoms with Crippen molar-refractivity contribution in [3.8, 4) is 6.07 Å². The second-order valence-electron chi connectivity index (χ2n) is 5.92. The number of halogens is 1. The summed E-state index contributed by atoms with van der Waals surface area (Å²) in [6, 6.07) is 5.97. The third-order valence-corrected chi connectivity index (χ3v) is 3.96. The van der Waals surface area contributed by atoms with Crippen LogP contribution in [0.25, 0.3) is 0 Å². The van der Waals surface area contributed by atoms with Crippen LogP contribution in [0.5, 0.6) is 0 Å². The summed E-state index contributed by atoms with van der Waals surface area (Å²) in [5.41, 5.74) is 0.364. The smallest absolute Gasteiger partial charge is 0.317 e. The van der Waals surface area contributed by atoms with E-state index in [1.807, 2.05) is 6.07 Å². The van der Waals surface area contributed by atoms with Gasteiger partial charge in [0.1, 0.15) is 17.4 Å². The van der Waals surface area contributed by atoms with Crippen LogP contribution in [0.3, 0.4) is 0 Å². The second-order valence-corrected chi connectivity index (χ2v) is 5.92. The molecular formula is C17H22FN5O2. The molecule has 1 fully saturated rings. The maximum absolute atomic E-state index is 13.5.